The molecule has 0 aromatic heterocycles. The van der Waals surface area contributed by atoms with Crippen molar-refractivity contribution in [3.05, 3.63) is 0 Å². The Hall–Kier alpha value is -1.17. The number of rotatable bonds is 8. The van der Waals surface area contributed by atoms with Crippen LogP contribution >= 0.6 is 0 Å². The fraction of sp³-hybridized carbons (Fsp3) is 0.958. The van der Waals surface area contributed by atoms with Gasteiger partial charge in [-0.05, 0) is 26.8 Å². The van der Waals surface area contributed by atoms with Crippen LogP contribution in [0.4, 0.5) is 0 Å². The van der Waals surface area contributed by atoms with Crippen molar-refractivity contribution < 1.29 is 59.1 Å². The van der Waals surface area contributed by atoms with Crippen LogP contribution in [0.2, 0.25) is 0 Å². The van der Waals surface area contributed by atoms with Crippen molar-refractivity contribution in [3.63, 3.8) is 0 Å². The van der Waals surface area contributed by atoms with Crippen molar-refractivity contribution in [1.29, 1.82) is 0 Å². The maximum absolute atomic E-state index is 12.1. The monoisotopic (exact) mass is 610 g/mol. The molecule has 0 aromatic carbocycles. The molecule has 18 nitrogen and oxygen atoms in total. The number of aliphatic hydroxyl groups is 6. The smallest absolute Gasteiger partial charge is 0.237 e. The largest absolute Gasteiger partial charge is 0.394 e. The normalized spacial score (nSPS) is 50.5. The molecule has 1 aliphatic carbocycles. The molecule has 244 valence electrons. The van der Waals surface area contributed by atoms with E-state index in [1.807, 2.05) is 0 Å². The Morgan fingerprint density at radius 3 is 2.14 bits per heavy atom. The molecule has 3 aliphatic heterocycles. The lowest BCUT2D eigenvalue weighted by Crippen LogP contribution is -2.70. The summed E-state index contributed by atoms with van der Waals surface area (Å²) in [7, 11) is 1.53. The minimum atomic E-state index is -1.68. The van der Waals surface area contributed by atoms with Gasteiger partial charge in [-0.3, -0.25) is 4.79 Å². The Kier molecular flexibility index (Phi) is 11.1. The fourth-order valence-corrected chi connectivity index (χ4v) is 5.90. The Morgan fingerprint density at radius 2 is 1.52 bits per heavy atom. The Bertz CT molecular complexity index is 906. The lowest BCUT2D eigenvalue weighted by molar-refractivity contribution is -0.373. The zero-order valence-electron chi connectivity index (χ0n) is 23.5. The third-order valence-corrected chi connectivity index (χ3v) is 8.41. The summed E-state index contributed by atoms with van der Waals surface area (Å²) in [6, 6.07) is -5.26. The quantitative estimate of drug-likeness (QED) is 0.121. The van der Waals surface area contributed by atoms with Gasteiger partial charge in [0.2, 0.25) is 5.91 Å². The van der Waals surface area contributed by atoms with Crippen molar-refractivity contribution in [2.75, 3.05) is 13.7 Å². The molecule has 1 saturated carbocycles. The van der Waals surface area contributed by atoms with Gasteiger partial charge in [0.05, 0.1) is 43.0 Å². The number of aliphatic hydroxyl groups excluding tert-OH is 6. The van der Waals surface area contributed by atoms with Gasteiger partial charge >= 0.3 is 0 Å². The number of ether oxygens (including phenoxy) is 5. The summed E-state index contributed by atoms with van der Waals surface area (Å²) in [4.78, 5) is 12.1. The van der Waals surface area contributed by atoms with Crippen LogP contribution in [0.3, 0.4) is 0 Å². The van der Waals surface area contributed by atoms with Gasteiger partial charge < -0.3 is 87.9 Å². The predicted molar refractivity (Wildman–Crippen MR) is 141 cm³/mol. The molecule has 4 fully saturated rings. The highest BCUT2D eigenvalue weighted by atomic mass is 16.8. The van der Waals surface area contributed by atoms with E-state index in [-0.39, 0.29) is 12.8 Å². The van der Waals surface area contributed by atoms with Crippen molar-refractivity contribution >= 4 is 5.91 Å². The third-order valence-electron chi connectivity index (χ3n) is 8.41. The minimum Gasteiger partial charge on any atom is -0.394 e. The van der Waals surface area contributed by atoms with E-state index in [4.69, 9.17) is 46.6 Å². The van der Waals surface area contributed by atoms with E-state index in [9.17, 15) is 35.4 Å². The van der Waals surface area contributed by atoms with Crippen molar-refractivity contribution in [3.8, 4) is 0 Å². The molecular weight excluding hydrogens is 564 g/mol. The molecule has 4 aliphatic rings. The number of nitrogens with two attached hydrogens (primary N) is 4. The molecule has 4 rings (SSSR count). The lowest BCUT2D eigenvalue weighted by Gasteiger charge is -2.51. The molecular formula is C24H46N6O12. The van der Waals surface area contributed by atoms with Crippen LogP contribution in [0.15, 0.2) is 0 Å². The van der Waals surface area contributed by atoms with Crippen LogP contribution in [0.25, 0.3) is 0 Å². The molecule has 9 unspecified atom stereocenters. The van der Waals surface area contributed by atoms with Gasteiger partial charge in [0.1, 0.15) is 42.7 Å². The number of hydrogen-bond acceptors (Lipinski definition) is 17. The van der Waals surface area contributed by atoms with Crippen LogP contribution in [-0.2, 0) is 28.5 Å². The number of carbonyl (C=O) groups excluding carboxylic acids is 1. The average molecular weight is 611 g/mol. The second kappa shape index (κ2) is 13.9. The molecule has 18 heteroatoms. The van der Waals surface area contributed by atoms with Gasteiger partial charge in [0, 0.05) is 12.1 Å². The first-order chi connectivity index (χ1) is 19.8. The van der Waals surface area contributed by atoms with E-state index in [1.54, 1.807) is 0 Å². The van der Waals surface area contributed by atoms with Crippen LogP contribution < -0.4 is 33.6 Å². The van der Waals surface area contributed by atoms with E-state index in [0.29, 0.717) is 0 Å². The SMILES string of the molecule is CNC1C(O[C@H]2OC(CO)[C@@H](NC(=O)[C@H](C)N)[C@H](O)C2O)O[C@H]2CC(N)[C@@H](O[C@@H]3C(N)C[C@@H](N)C(O)[C@H]3O)OC2C1O. The van der Waals surface area contributed by atoms with E-state index < -0.39 is 123 Å². The van der Waals surface area contributed by atoms with Gasteiger partial charge in [-0.25, -0.2) is 0 Å². The second-order valence-electron chi connectivity index (χ2n) is 11.5. The maximum Gasteiger partial charge on any atom is 0.237 e. The summed E-state index contributed by atoms with van der Waals surface area (Å²) in [5, 5.41) is 68.5. The van der Waals surface area contributed by atoms with Gasteiger partial charge in [0.25, 0.3) is 0 Å². The number of fused-ring (bicyclic) bond motifs is 1. The molecule has 42 heavy (non-hydrogen) atoms. The summed E-state index contributed by atoms with van der Waals surface area (Å²) in [5.41, 5.74) is 23.8. The predicted octanol–water partition coefficient (Wildman–Crippen LogP) is -7.44. The standard InChI is InChI=1S/C24H46N6O12/c1-6(25)21(37)30-12-11(5-31)39-24(18(36)15(12)33)42-23-13(29-2)16(34)20-10(38-23)4-9(28)22(41-20)40-19-8(27)3-7(26)14(32)17(19)35/h6-20,22-24,29,31-36H,3-5,25-28H2,1-2H3,(H,30,37)/t6-,7+,8?,9?,10-,11?,12+,13?,14?,15-,16?,17+,18?,19+,20?,22-,23?,24+/m0/s1. The molecule has 0 radical (unpaired) electrons. The number of amides is 1. The highest BCUT2D eigenvalue weighted by Crippen LogP contribution is 2.35. The molecule has 0 bridgehead atoms. The van der Waals surface area contributed by atoms with Gasteiger partial charge in [-0.2, -0.15) is 0 Å². The van der Waals surface area contributed by atoms with Gasteiger partial charge in [-0.1, -0.05) is 0 Å². The van der Waals surface area contributed by atoms with Crippen LogP contribution in [0.1, 0.15) is 19.8 Å². The van der Waals surface area contributed by atoms with E-state index >= 15 is 0 Å². The summed E-state index contributed by atoms with van der Waals surface area (Å²) in [6.07, 6.45) is -14.7. The van der Waals surface area contributed by atoms with Crippen LogP contribution in [0, 0.1) is 0 Å². The fourth-order valence-electron chi connectivity index (χ4n) is 5.90. The molecule has 1 amide bonds. The van der Waals surface area contributed by atoms with Crippen molar-refractivity contribution in [1.82, 2.24) is 10.6 Å². The topological polar surface area (TPSA) is 313 Å². The van der Waals surface area contributed by atoms with E-state index in [1.165, 1.54) is 14.0 Å². The zero-order valence-corrected chi connectivity index (χ0v) is 23.5. The summed E-state index contributed by atoms with van der Waals surface area (Å²) < 4.78 is 29.5. The Morgan fingerprint density at radius 1 is 0.833 bits per heavy atom. The Labute approximate surface area is 242 Å². The number of nitrogens with one attached hydrogen (secondary N) is 2. The first-order valence-electron chi connectivity index (χ1n) is 14.1. The highest BCUT2D eigenvalue weighted by Gasteiger charge is 2.54. The van der Waals surface area contributed by atoms with Crippen LogP contribution in [-0.4, -0.2) is 160 Å². The number of carbonyl (C=O) groups is 1. The second-order valence-corrected chi connectivity index (χ2v) is 11.5. The summed E-state index contributed by atoms with van der Waals surface area (Å²) in [6.45, 7) is 0.802. The lowest BCUT2D eigenvalue weighted by atomic mass is 9.84. The molecule has 16 N–H and O–H groups in total. The average Bonchev–Trinajstić information content (AvgIpc) is 2.94. The Balaban J connectivity index is 1.42. The molecule has 18 atom stereocenters. The van der Waals surface area contributed by atoms with Gasteiger partial charge in [0.15, 0.2) is 18.9 Å². The molecule has 0 aromatic rings. The van der Waals surface area contributed by atoms with Crippen molar-refractivity contribution in [2.24, 2.45) is 22.9 Å². The first-order valence-corrected chi connectivity index (χ1v) is 14.1. The van der Waals surface area contributed by atoms with Crippen LogP contribution in [0.5, 0.6) is 0 Å². The summed E-state index contributed by atoms with van der Waals surface area (Å²) >= 11 is 0. The zero-order chi connectivity index (χ0) is 31.0. The van der Waals surface area contributed by atoms with Crippen molar-refractivity contribution in [2.45, 2.75) is 130 Å². The first kappa shape index (κ1) is 33.7. The number of hydrogen-bond donors (Lipinski definition) is 12. The number of likely N-dealkylation sites (N-methyl/N-ethyl adjacent to an activating group) is 1. The van der Waals surface area contributed by atoms with Gasteiger partial charge in [-0.15, -0.1) is 0 Å². The molecule has 3 heterocycles. The maximum atomic E-state index is 12.1. The van der Waals surface area contributed by atoms with E-state index in [2.05, 4.69) is 10.6 Å². The third kappa shape index (κ3) is 6.74. The molecule has 0 spiro atoms. The minimum absolute atomic E-state index is 0.115. The molecule has 3 saturated heterocycles. The van der Waals surface area contributed by atoms with E-state index in [0.717, 1.165) is 0 Å². The highest BCUT2D eigenvalue weighted by molar-refractivity contribution is 5.81. The summed E-state index contributed by atoms with van der Waals surface area (Å²) in [5.74, 6) is -0.622.